The largest absolute Gasteiger partial charge is 0.314 e. The van der Waals surface area contributed by atoms with E-state index in [9.17, 15) is 0 Å². The minimum atomic E-state index is 0.479. The van der Waals surface area contributed by atoms with Crippen LogP contribution in [-0.2, 0) is 0 Å². The second-order valence-corrected chi connectivity index (χ2v) is 5.19. The summed E-state index contributed by atoms with van der Waals surface area (Å²) in [5.74, 6) is 0. The molecule has 2 nitrogen and oxygen atoms in total. The summed E-state index contributed by atoms with van der Waals surface area (Å²) >= 11 is 3.64. The van der Waals surface area contributed by atoms with Gasteiger partial charge in [-0.2, -0.15) is 0 Å². The summed E-state index contributed by atoms with van der Waals surface area (Å²) in [5, 5.41) is 3.34. The van der Waals surface area contributed by atoms with E-state index in [0.717, 1.165) is 19.6 Å². The molecule has 2 rings (SSSR count). The minimum absolute atomic E-state index is 0.479. The molecule has 3 heteroatoms. The average Bonchev–Trinajstić information content (AvgIpc) is 2.23. The molecule has 0 spiro atoms. The lowest BCUT2D eigenvalue weighted by Gasteiger charge is -2.41. The van der Waals surface area contributed by atoms with E-state index in [-0.39, 0.29) is 0 Å². The van der Waals surface area contributed by atoms with Crippen molar-refractivity contribution in [3.8, 4) is 0 Å². The molecule has 0 radical (unpaired) electrons. The predicted molar refractivity (Wildman–Crippen MR) is 71.6 cm³/mol. The Morgan fingerprint density at radius 3 is 2.62 bits per heavy atom. The molecular weight excluding hydrogens is 264 g/mol. The smallest absolute Gasteiger partial charge is 0.0351 e. The third-order valence-corrected chi connectivity index (χ3v) is 4.17. The summed E-state index contributed by atoms with van der Waals surface area (Å²) in [6.07, 6.45) is 0. The average molecular weight is 283 g/mol. The van der Waals surface area contributed by atoms with Crippen LogP contribution in [0.1, 0.15) is 25.5 Å². The normalized spacial score (nSPS) is 18.5. The zero-order valence-corrected chi connectivity index (χ0v) is 11.5. The Hall–Kier alpha value is -0.380. The molecule has 16 heavy (non-hydrogen) atoms. The Kier molecular flexibility index (Phi) is 4.00. The quantitative estimate of drug-likeness (QED) is 0.914. The molecule has 1 atom stereocenters. The van der Waals surface area contributed by atoms with Crippen molar-refractivity contribution in [1.82, 2.24) is 10.2 Å². The van der Waals surface area contributed by atoms with Crippen molar-refractivity contribution in [2.24, 2.45) is 0 Å². The Morgan fingerprint density at radius 1 is 1.44 bits per heavy atom. The SMILES string of the molecule is CCN(C1CNC1)C(C)c1ccccc1Br. The van der Waals surface area contributed by atoms with Gasteiger partial charge in [-0.25, -0.2) is 0 Å². The lowest BCUT2D eigenvalue weighted by atomic mass is 10.0. The van der Waals surface area contributed by atoms with E-state index in [1.807, 2.05) is 0 Å². The van der Waals surface area contributed by atoms with Crippen molar-refractivity contribution >= 4 is 15.9 Å². The van der Waals surface area contributed by atoms with Crippen LogP contribution in [0.25, 0.3) is 0 Å². The fourth-order valence-electron chi connectivity index (χ4n) is 2.35. The molecule has 0 saturated carbocycles. The molecule has 1 aliphatic rings. The van der Waals surface area contributed by atoms with Crippen molar-refractivity contribution in [2.75, 3.05) is 19.6 Å². The van der Waals surface area contributed by atoms with Gasteiger partial charge in [-0.15, -0.1) is 0 Å². The molecule has 0 bridgehead atoms. The van der Waals surface area contributed by atoms with Crippen molar-refractivity contribution in [2.45, 2.75) is 25.9 Å². The molecule has 0 amide bonds. The van der Waals surface area contributed by atoms with Gasteiger partial charge in [-0.1, -0.05) is 41.1 Å². The number of likely N-dealkylation sites (N-methyl/N-ethyl adjacent to an activating group) is 1. The maximum atomic E-state index is 3.64. The van der Waals surface area contributed by atoms with Crippen molar-refractivity contribution in [3.63, 3.8) is 0 Å². The maximum Gasteiger partial charge on any atom is 0.0351 e. The molecular formula is C13H19BrN2. The number of nitrogens with one attached hydrogen (secondary N) is 1. The Morgan fingerprint density at radius 2 is 2.12 bits per heavy atom. The van der Waals surface area contributed by atoms with E-state index in [0.29, 0.717) is 12.1 Å². The zero-order chi connectivity index (χ0) is 11.5. The molecule has 0 aliphatic carbocycles. The number of rotatable bonds is 4. The van der Waals surface area contributed by atoms with Crippen LogP contribution in [0.3, 0.4) is 0 Å². The molecule has 88 valence electrons. The first-order chi connectivity index (χ1) is 7.74. The first-order valence-electron chi connectivity index (χ1n) is 5.95. The highest BCUT2D eigenvalue weighted by atomic mass is 79.9. The highest BCUT2D eigenvalue weighted by Crippen LogP contribution is 2.29. The molecule has 1 N–H and O–H groups in total. The van der Waals surface area contributed by atoms with Gasteiger partial charge in [-0.05, 0) is 25.1 Å². The van der Waals surface area contributed by atoms with Crippen LogP contribution in [-0.4, -0.2) is 30.6 Å². The fourth-order valence-corrected chi connectivity index (χ4v) is 2.96. The minimum Gasteiger partial charge on any atom is -0.314 e. The van der Waals surface area contributed by atoms with Gasteiger partial charge in [-0.3, -0.25) is 4.90 Å². The second-order valence-electron chi connectivity index (χ2n) is 4.34. The molecule has 1 aromatic carbocycles. The highest BCUT2D eigenvalue weighted by molar-refractivity contribution is 9.10. The van der Waals surface area contributed by atoms with E-state index in [1.54, 1.807) is 0 Å². The van der Waals surface area contributed by atoms with Crippen LogP contribution in [0.2, 0.25) is 0 Å². The van der Waals surface area contributed by atoms with Crippen LogP contribution in [0.5, 0.6) is 0 Å². The maximum absolute atomic E-state index is 3.64. The van der Waals surface area contributed by atoms with Crippen LogP contribution in [0.4, 0.5) is 0 Å². The van der Waals surface area contributed by atoms with Crippen LogP contribution in [0, 0.1) is 0 Å². The van der Waals surface area contributed by atoms with Gasteiger partial charge in [0.2, 0.25) is 0 Å². The predicted octanol–water partition coefficient (Wildman–Crippen LogP) is 2.80. The van der Waals surface area contributed by atoms with Crippen molar-refractivity contribution in [3.05, 3.63) is 34.3 Å². The molecule has 1 unspecified atom stereocenters. The number of benzene rings is 1. The molecule has 0 aromatic heterocycles. The summed E-state index contributed by atoms with van der Waals surface area (Å²) in [6, 6.07) is 9.70. The van der Waals surface area contributed by atoms with E-state index >= 15 is 0 Å². The molecule has 1 aliphatic heterocycles. The summed E-state index contributed by atoms with van der Waals surface area (Å²) in [6.45, 7) is 7.90. The molecule has 1 heterocycles. The first-order valence-corrected chi connectivity index (χ1v) is 6.74. The van der Waals surface area contributed by atoms with E-state index < -0.39 is 0 Å². The second kappa shape index (κ2) is 5.30. The highest BCUT2D eigenvalue weighted by Gasteiger charge is 2.28. The number of hydrogen-bond donors (Lipinski definition) is 1. The Balaban J connectivity index is 2.16. The summed E-state index contributed by atoms with van der Waals surface area (Å²) in [5.41, 5.74) is 1.39. The van der Waals surface area contributed by atoms with Gasteiger partial charge in [0.05, 0.1) is 0 Å². The van der Waals surface area contributed by atoms with E-state index in [2.05, 4.69) is 64.3 Å². The monoisotopic (exact) mass is 282 g/mol. The lowest BCUT2D eigenvalue weighted by Crippen LogP contribution is -2.57. The summed E-state index contributed by atoms with van der Waals surface area (Å²) in [4.78, 5) is 2.57. The number of halogens is 1. The van der Waals surface area contributed by atoms with Gasteiger partial charge < -0.3 is 5.32 Å². The fraction of sp³-hybridized carbons (Fsp3) is 0.538. The van der Waals surface area contributed by atoms with Gasteiger partial charge in [0.25, 0.3) is 0 Å². The third kappa shape index (κ3) is 2.31. The standard InChI is InChI=1S/C13H19BrN2/c1-3-16(11-8-15-9-11)10(2)12-6-4-5-7-13(12)14/h4-7,10-11,15H,3,8-9H2,1-2H3. The first kappa shape index (κ1) is 12.1. The zero-order valence-electron chi connectivity index (χ0n) is 9.91. The van der Waals surface area contributed by atoms with Crippen LogP contribution < -0.4 is 5.32 Å². The third-order valence-electron chi connectivity index (χ3n) is 3.45. The van der Waals surface area contributed by atoms with Gasteiger partial charge in [0, 0.05) is 29.6 Å². The van der Waals surface area contributed by atoms with Crippen LogP contribution in [0.15, 0.2) is 28.7 Å². The van der Waals surface area contributed by atoms with Crippen molar-refractivity contribution < 1.29 is 0 Å². The molecule has 1 saturated heterocycles. The van der Waals surface area contributed by atoms with E-state index in [4.69, 9.17) is 0 Å². The van der Waals surface area contributed by atoms with E-state index in [1.165, 1.54) is 10.0 Å². The molecule has 1 aromatic rings. The van der Waals surface area contributed by atoms with Crippen LogP contribution >= 0.6 is 15.9 Å². The summed E-state index contributed by atoms with van der Waals surface area (Å²) in [7, 11) is 0. The topological polar surface area (TPSA) is 15.3 Å². The number of hydrogen-bond acceptors (Lipinski definition) is 2. The van der Waals surface area contributed by atoms with Gasteiger partial charge >= 0.3 is 0 Å². The summed E-state index contributed by atoms with van der Waals surface area (Å²) < 4.78 is 1.22. The number of nitrogens with zero attached hydrogens (tertiary/aromatic N) is 1. The van der Waals surface area contributed by atoms with Gasteiger partial charge in [0.1, 0.15) is 0 Å². The van der Waals surface area contributed by atoms with Crippen molar-refractivity contribution in [1.29, 1.82) is 0 Å². The Bertz CT molecular complexity index is 350. The lowest BCUT2D eigenvalue weighted by molar-refractivity contribution is 0.109. The Labute approximate surface area is 106 Å². The molecule has 1 fully saturated rings. The van der Waals surface area contributed by atoms with Gasteiger partial charge in [0.15, 0.2) is 0 Å².